The van der Waals surface area contributed by atoms with E-state index >= 15 is 0 Å². The second-order valence-electron chi connectivity index (χ2n) is 4.56. The number of benzene rings is 1. The van der Waals surface area contributed by atoms with Crippen molar-refractivity contribution in [2.24, 2.45) is 0 Å². The molecule has 3 rings (SSSR count). The zero-order chi connectivity index (χ0) is 15.5. The van der Waals surface area contributed by atoms with E-state index in [-0.39, 0.29) is 5.91 Å². The van der Waals surface area contributed by atoms with Gasteiger partial charge in [0.1, 0.15) is 15.7 Å². The zero-order valence-corrected chi connectivity index (χ0v) is 14.1. The lowest BCUT2D eigenvalue weighted by molar-refractivity contribution is -0.113. The molecule has 0 unspecified atom stereocenters. The number of anilines is 1. The average Bonchev–Trinajstić information content (AvgIpc) is 2.95. The van der Waals surface area contributed by atoms with Gasteiger partial charge in [-0.15, -0.1) is 11.3 Å². The molecule has 0 aliphatic heterocycles. The minimum atomic E-state index is -0.0769. The van der Waals surface area contributed by atoms with E-state index in [4.69, 9.17) is 11.6 Å². The van der Waals surface area contributed by atoms with Crippen molar-refractivity contribution in [3.8, 4) is 0 Å². The summed E-state index contributed by atoms with van der Waals surface area (Å²) in [4.78, 5) is 21.8. The van der Waals surface area contributed by atoms with Crippen molar-refractivity contribution < 1.29 is 4.79 Å². The smallest absolute Gasteiger partial charge is 0.234 e. The van der Waals surface area contributed by atoms with Crippen molar-refractivity contribution in [2.45, 2.75) is 11.9 Å². The third-order valence-corrected chi connectivity index (χ3v) is 4.92. The number of carbonyl (C=O) groups excluding carboxylic acids is 1. The van der Waals surface area contributed by atoms with Gasteiger partial charge in [-0.05, 0) is 42.6 Å². The maximum Gasteiger partial charge on any atom is 0.234 e. The Hall–Kier alpha value is -1.63. The molecule has 0 fully saturated rings. The number of nitrogens with one attached hydrogen (secondary N) is 1. The van der Waals surface area contributed by atoms with Crippen molar-refractivity contribution in [2.75, 3.05) is 11.1 Å². The first-order valence-electron chi connectivity index (χ1n) is 6.52. The third kappa shape index (κ3) is 3.58. The lowest BCUT2D eigenvalue weighted by atomic mass is 10.3. The highest BCUT2D eigenvalue weighted by Crippen LogP contribution is 2.28. The van der Waals surface area contributed by atoms with Gasteiger partial charge in [0.2, 0.25) is 5.91 Å². The number of thioether (sulfide) groups is 1. The molecule has 0 aliphatic carbocycles. The van der Waals surface area contributed by atoms with Crippen LogP contribution in [0, 0.1) is 6.92 Å². The summed E-state index contributed by atoms with van der Waals surface area (Å²) in [5.74, 6) is 0.937. The van der Waals surface area contributed by atoms with E-state index in [0.29, 0.717) is 10.8 Å². The Bertz CT molecular complexity index is 817. The van der Waals surface area contributed by atoms with E-state index in [9.17, 15) is 4.79 Å². The van der Waals surface area contributed by atoms with E-state index in [1.54, 1.807) is 35.6 Å². The Morgan fingerprint density at radius 1 is 1.27 bits per heavy atom. The van der Waals surface area contributed by atoms with Crippen LogP contribution in [0.3, 0.4) is 0 Å². The standard InChI is InChI=1S/C15H12ClN3OS2/c1-9-17-14-12(6-7-21-14)15(18-9)22-8-13(20)19-11-4-2-10(16)3-5-11/h2-7H,8H2,1H3,(H,19,20). The van der Waals surface area contributed by atoms with Crippen molar-refractivity contribution >= 4 is 56.5 Å². The molecule has 0 bridgehead atoms. The van der Waals surface area contributed by atoms with Crippen LogP contribution >= 0.6 is 34.7 Å². The number of nitrogens with zero attached hydrogens (tertiary/aromatic N) is 2. The summed E-state index contributed by atoms with van der Waals surface area (Å²) >= 11 is 8.81. The van der Waals surface area contributed by atoms with Gasteiger partial charge in [0.25, 0.3) is 0 Å². The summed E-state index contributed by atoms with van der Waals surface area (Å²) in [5, 5.41) is 7.30. The molecule has 112 valence electrons. The Morgan fingerprint density at radius 2 is 2.05 bits per heavy atom. The van der Waals surface area contributed by atoms with Gasteiger partial charge >= 0.3 is 0 Å². The first-order chi connectivity index (χ1) is 10.6. The van der Waals surface area contributed by atoms with Gasteiger partial charge < -0.3 is 5.32 Å². The predicted octanol–water partition coefficient (Wildman–Crippen LogP) is 4.38. The molecule has 0 saturated heterocycles. The largest absolute Gasteiger partial charge is 0.325 e. The zero-order valence-electron chi connectivity index (χ0n) is 11.7. The second kappa shape index (κ2) is 6.64. The summed E-state index contributed by atoms with van der Waals surface area (Å²) in [7, 11) is 0. The van der Waals surface area contributed by atoms with E-state index < -0.39 is 0 Å². The number of aryl methyl sites for hydroxylation is 1. The number of hydrogen-bond donors (Lipinski definition) is 1. The number of thiophene rings is 1. The SMILES string of the molecule is Cc1nc(SCC(=O)Nc2ccc(Cl)cc2)c2ccsc2n1. The van der Waals surface area contributed by atoms with Crippen molar-refractivity contribution in [3.05, 3.63) is 46.6 Å². The predicted molar refractivity (Wildman–Crippen MR) is 93.0 cm³/mol. The first kappa shape index (κ1) is 15.3. The van der Waals surface area contributed by atoms with Crippen LogP contribution in [0.1, 0.15) is 5.82 Å². The van der Waals surface area contributed by atoms with Crippen LogP contribution in [0.2, 0.25) is 5.02 Å². The van der Waals surface area contributed by atoms with E-state index in [1.807, 2.05) is 18.4 Å². The van der Waals surface area contributed by atoms with E-state index in [2.05, 4.69) is 15.3 Å². The van der Waals surface area contributed by atoms with Crippen molar-refractivity contribution in [3.63, 3.8) is 0 Å². The number of halogens is 1. The Labute approximate surface area is 140 Å². The van der Waals surface area contributed by atoms with E-state index in [1.165, 1.54) is 11.8 Å². The lowest BCUT2D eigenvalue weighted by Crippen LogP contribution is -2.14. The molecule has 3 aromatic rings. The van der Waals surface area contributed by atoms with Crippen LogP contribution in [0.15, 0.2) is 40.7 Å². The molecule has 2 heterocycles. The maximum absolute atomic E-state index is 12.0. The van der Waals surface area contributed by atoms with E-state index in [0.717, 1.165) is 26.8 Å². The summed E-state index contributed by atoms with van der Waals surface area (Å²) < 4.78 is 0. The summed E-state index contributed by atoms with van der Waals surface area (Å²) in [6.07, 6.45) is 0. The highest BCUT2D eigenvalue weighted by molar-refractivity contribution is 8.00. The molecule has 0 atom stereocenters. The molecule has 1 amide bonds. The number of fused-ring (bicyclic) bond motifs is 1. The van der Waals surface area contributed by atoms with Crippen LogP contribution in [0.4, 0.5) is 5.69 Å². The number of rotatable bonds is 4. The maximum atomic E-state index is 12.0. The highest BCUT2D eigenvalue weighted by Gasteiger charge is 2.10. The topological polar surface area (TPSA) is 54.9 Å². The number of carbonyl (C=O) groups is 1. The monoisotopic (exact) mass is 349 g/mol. The average molecular weight is 350 g/mol. The quantitative estimate of drug-likeness (QED) is 0.561. The van der Waals surface area contributed by atoms with Gasteiger partial charge in [0.05, 0.1) is 5.75 Å². The second-order valence-corrected chi connectivity index (χ2v) is 6.85. The minimum absolute atomic E-state index is 0.0769. The van der Waals surface area contributed by atoms with Crippen molar-refractivity contribution in [1.82, 2.24) is 9.97 Å². The summed E-state index contributed by atoms with van der Waals surface area (Å²) in [5.41, 5.74) is 0.731. The minimum Gasteiger partial charge on any atom is -0.325 e. The number of aromatic nitrogens is 2. The number of amides is 1. The molecule has 0 radical (unpaired) electrons. The Balaban J connectivity index is 1.67. The van der Waals surface area contributed by atoms with Crippen LogP contribution < -0.4 is 5.32 Å². The van der Waals surface area contributed by atoms with Gasteiger partial charge in [-0.2, -0.15) is 0 Å². The van der Waals surface area contributed by atoms with Crippen LogP contribution in [-0.2, 0) is 4.79 Å². The molecule has 0 saturated carbocycles. The summed E-state index contributed by atoms with van der Waals surface area (Å²) in [6.45, 7) is 1.86. The fourth-order valence-electron chi connectivity index (χ4n) is 1.90. The van der Waals surface area contributed by atoms with Gasteiger partial charge in [-0.1, -0.05) is 23.4 Å². The normalized spacial score (nSPS) is 10.8. The Morgan fingerprint density at radius 3 is 2.82 bits per heavy atom. The Kier molecular flexibility index (Phi) is 4.61. The van der Waals surface area contributed by atoms with Gasteiger partial charge in [-0.3, -0.25) is 4.79 Å². The molecule has 22 heavy (non-hydrogen) atoms. The molecular formula is C15H12ClN3OS2. The first-order valence-corrected chi connectivity index (χ1v) is 8.76. The fraction of sp³-hybridized carbons (Fsp3) is 0.133. The molecule has 7 heteroatoms. The molecule has 0 spiro atoms. The molecule has 4 nitrogen and oxygen atoms in total. The molecular weight excluding hydrogens is 338 g/mol. The fourth-order valence-corrected chi connectivity index (χ4v) is 3.76. The third-order valence-electron chi connectivity index (χ3n) is 2.87. The lowest BCUT2D eigenvalue weighted by Gasteiger charge is -2.06. The number of hydrogen-bond acceptors (Lipinski definition) is 5. The molecule has 1 N–H and O–H groups in total. The molecule has 0 aliphatic rings. The highest BCUT2D eigenvalue weighted by atomic mass is 35.5. The van der Waals surface area contributed by atoms with Gasteiger partial charge in [0, 0.05) is 16.1 Å². The van der Waals surface area contributed by atoms with Gasteiger partial charge in [-0.25, -0.2) is 9.97 Å². The molecule has 2 aromatic heterocycles. The van der Waals surface area contributed by atoms with Gasteiger partial charge in [0.15, 0.2) is 0 Å². The summed E-state index contributed by atoms with van der Waals surface area (Å²) in [6, 6.07) is 9.02. The van der Waals surface area contributed by atoms with Crippen LogP contribution in [0.25, 0.3) is 10.2 Å². The van der Waals surface area contributed by atoms with Crippen LogP contribution in [0.5, 0.6) is 0 Å². The van der Waals surface area contributed by atoms with Crippen molar-refractivity contribution in [1.29, 1.82) is 0 Å². The molecule has 1 aromatic carbocycles. The van der Waals surface area contributed by atoms with Crippen LogP contribution in [-0.4, -0.2) is 21.6 Å².